The van der Waals surface area contributed by atoms with Crippen LogP contribution < -0.4 is 30.2 Å². The first-order valence-electron chi connectivity index (χ1n) is 14.0. The van der Waals surface area contributed by atoms with Crippen LogP contribution in [0.1, 0.15) is 18.4 Å². The number of imidazole rings is 1. The minimum atomic E-state index is -4.03. The normalized spacial score (nSPS) is 14.9. The number of ether oxygens (including phenoxy) is 3. The number of nitrogens with zero attached hydrogens (tertiary/aromatic N) is 6. The second-order valence-corrected chi connectivity index (χ2v) is 12.3. The van der Waals surface area contributed by atoms with E-state index in [2.05, 4.69) is 15.3 Å². The van der Waals surface area contributed by atoms with Gasteiger partial charge in [-0.1, -0.05) is 17.7 Å². The summed E-state index contributed by atoms with van der Waals surface area (Å²) in [5, 5.41) is 3.19. The second kappa shape index (κ2) is 11.6. The highest BCUT2D eigenvalue weighted by Crippen LogP contribution is 2.39. The van der Waals surface area contributed by atoms with Gasteiger partial charge in [0, 0.05) is 24.9 Å². The molecule has 0 unspecified atom stereocenters. The van der Waals surface area contributed by atoms with Gasteiger partial charge in [0.2, 0.25) is 17.6 Å². The predicted octanol–water partition coefficient (Wildman–Crippen LogP) is 3.39. The van der Waals surface area contributed by atoms with Gasteiger partial charge >= 0.3 is 0 Å². The number of nitrogens with two attached hydrogens (primary N) is 1. The molecule has 1 amide bonds. The average Bonchev–Trinajstić information content (AvgIpc) is 3.80. The molecule has 14 nitrogen and oxygen atoms in total. The maximum absolute atomic E-state index is 13.8. The van der Waals surface area contributed by atoms with E-state index in [1.54, 1.807) is 64.5 Å². The number of fused-ring (bicyclic) bond motifs is 1. The Bertz CT molecular complexity index is 1980. The van der Waals surface area contributed by atoms with Gasteiger partial charge in [-0.25, -0.2) is 22.4 Å². The summed E-state index contributed by atoms with van der Waals surface area (Å²) >= 11 is 0. The fraction of sp³-hybridized carbons (Fsp3) is 0.267. The van der Waals surface area contributed by atoms with Crippen LogP contribution in [0.3, 0.4) is 0 Å². The summed E-state index contributed by atoms with van der Waals surface area (Å²) in [5.41, 5.74) is 7.86. The molecule has 234 valence electrons. The van der Waals surface area contributed by atoms with Gasteiger partial charge in [-0.2, -0.15) is 4.98 Å². The number of aromatic nitrogens is 5. The Morgan fingerprint density at radius 2 is 1.73 bits per heavy atom. The molecule has 45 heavy (non-hydrogen) atoms. The lowest BCUT2D eigenvalue weighted by Gasteiger charge is -2.23. The van der Waals surface area contributed by atoms with Crippen molar-refractivity contribution in [3.63, 3.8) is 0 Å². The summed E-state index contributed by atoms with van der Waals surface area (Å²) in [6, 6.07) is 11.1. The van der Waals surface area contributed by atoms with E-state index in [9.17, 15) is 13.2 Å². The van der Waals surface area contributed by atoms with Crippen LogP contribution in [-0.4, -0.2) is 71.7 Å². The second-order valence-electron chi connectivity index (χ2n) is 10.5. The third-order valence-corrected chi connectivity index (χ3v) is 9.37. The molecule has 0 saturated carbocycles. The number of rotatable bonds is 10. The molecule has 1 aliphatic rings. The smallest absolute Gasteiger partial charge is 0.268 e. The van der Waals surface area contributed by atoms with Crippen molar-refractivity contribution < 1.29 is 27.4 Å². The van der Waals surface area contributed by atoms with Crippen molar-refractivity contribution in [2.75, 3.05) is 38.1 Å². The monoisotopic (exact) mass is 632 g/mol. The number of amides is 1. The lowest BCUT2D eigenvalue weighted by Crippen LogP contribution is -2.41. The number of methoxy groups -OCH3 is 3. The number of carbonyl (C=O) groups excluding carboxylic acids is 1. The van der Waals surface area contributed by atoms with Crippen molar-refractivity contribution in [1.29, 1.82) is 0 Å². The maximum Gasteiger partial charge on any atom is 0.268 e. The number of anilines is 3. The van der Waals surface area contributed by atoms with E-state index in [1.165, 1.54) is 27.5 Å². The summed E-state index contributed by atoms with van der Waals surface area (Å²) in [6.45, 7) is 2.41. The van der Waals surface area contributed by atoms with Gasteiger partial charge in [0.05, 0.1) is 43.6 Å². The quantitative estimate of drug-likeness (QED) is 0.231. The zero-order chi connectivity index (χ0) is 31.9. The molecule has 1 atom stereocenters. The van der Waals surface area contributed by atoms with Crippen LogP contribution in [0.4, 0.5) is 17.6 Å². The van der Waals surface area contributed by atoms with Gasteiger partial charge in [-0.15, -0.1) is 0 Å². The van der Waals surface area contributed by atoms with E-state index in [0.717, 1.165) is 16.0 Å². The SMILES string of the molecule is COc1cc(-n2cnc(Nc3nc(N4CCC[C@H]4C(N)=O)nc4ccn(S(=O)(=O)c5ccc(C)cc5)c34)c2)cc(OC)c1OC. The van der Waals surface area contributed by atoms with Crippen LogP contribution in [0.15, 0.2) is 66.1 Å². The number of benzene rings is 2. The molecule has 0 bridgehead atoms. The topological polar surface area (TPSA) is 169 Å². The number of carbonyl (C=O) groups is 1. The van der Waals surface area contributed by atoms with E-state index >= 15 is 0 Å². The maximum atomic E-state index is 13.8. The van der Waals surface area contributed by atoms with E-state index < -0.39 is 22.0 Å². The molecular formula is C30H32N8O6S. The molecule has 5 aromatic rings. The van der Waals surface area contributed by atoms with Crippen molar-refractivity contribution >= 4 is 44.5 Å². The molecule has 15 heteroatoms. The highest BCUT2D eigenvalue weighted by molar-refractivity contribution is 7.90. The number of nitrogens with one attached hydrogen (secondary N) is 1. The Labute approximate surface area is 259 Å². The Kier molecular flexibility index (Phi) is 7.70. The highest BCUT2D eigenvalue weighted by atomic mass is 32.2. The predicted molar refractivity (Wildman–Crippen MR) is 167 cm³/mol. The first kappa shape index (κ1) is 29.7. The molecule has 0 spiro atoms. The largest absolute Gasteiger partial charge is 0.493 e. The molecule has 0 radical (unpaired) electrons. The summed E-state index contributed by atoms with van der Waals surface area (Å²) < 4.78 is 46.9. The summed E-state index contributed by atoms with van der Waals surface area (Å²) in [6.07, 6.45) is 6.03. The summed E-state index contributed by atoms with van der Waals surface area (Å²) in [4.78, 5) is 27.9. The van der Waals surface area contributed by atoms with Gasteiger partial charge in [0.15, 0.2) is 17.3 Å². The van der Waals surface area contributed by atoms with Gasteiger partial charge in [0.25, 0.3) is 10.0 Å². The fourth-order valence-electron chi connectivity index (χ4n) is 5.41. The molecule has 1 saturated heterocycles. The summed E-state index contributed by atoms with van der Waals surface area (Å²) in [5.74, 6) is 1.70. The van der Waals surface area contributed by atoms with Crippen molar-refractivity contribution in [2.45, 2.75) is 30.7 Å². The van der Waals surface area contributed by atoms with Crippen molar-refractivity contribution in [2.24, 2.45) is 5.73 Å². The van der Waals surface area contributed by atoms with Crippen LogP contribution in [0.25, 0.3) is 16.7 Å². The van der Waals surface area contributed by atoms with Crippen molar-refractivity contribution in [3.8, 4) is 22.9 Å². The van der Waals surface area contributed by atoms with E-state index in [0.29, 0.717) is 47.2 Å². The van der Waals surface area contributed by atoms with E-state index in [-0.39, 0.29) is 22.2 Å². The standard InChI is InChI=1S/C30H32N8O6S/c1-18-7-9-20(10-8-18)45(40,41)38-13-11-21-26(38)29(35-30(33-21)37-12-5-6-22(37)28(31)39)34-25-16-36(17-32-25)19-14-23(42-2)27(44-4)24(15-19)43-3/h7-11,13-17,22H,5-6,12H2,1-4H3,(H2,31,39)(H,33,34,35)/t22-/m0/s1. The van der Waals surface area contributed by atoms with E-state index in [4.69, 9.17) is 24.9 Å². The van der Waals surface area contributed by atoms with Gasteiger partial charge in [-0.3, -0.25) is 4.79 Å². The van der Waals surface area contributed by atoms with Crippen LogP contribution in [0.2, 0.25) is 0 Å². The Hall–Kier alpha value is -5.31. The minimum absolute atomic E-state index is 0.112. The van der Waals surface area contributed by atoms with Gasteiger partial charge < -0.3 is 34.7 Å². The van der Waals surface area contributed by atoms with Gasteiger partial charge in [0.1, 0.15) is 23.7 Å². The first-order valence-corrected chi connectivity index (χ1v) is 15.5. The van der Waals surface area contributed by atoms with Crippen LogP contribution in [0, 0.1) is 6.92 Å². The highest BCUT2D eigenvalue weighted by Gasteiger charge is 2.32. The van der Waals surface area contributed by atoms with Gasteiger partial charge in [-0.05, 0) is 38.0 Å². The first-order chi connectivity index (χ1) is 21.6. The molecule has 2 aromatic carbocycles. The Morgan fingerprint density at radius 1 is 1.02 bits per heavy atom. The minimum Gasteiger partial charge on any atom is -0.493 e. The number of hydrogen-bond acceptors (Lipinski definition) is 11. The average molecular weight is 633 g/mol. The molecular weight excluding hydrogens is 600 g/mol. The molecule has 0 aliphatic carbocycles. The lowest BCUT2D eigenvalue weighted by atomic mass is 10.2. The van der Waals surface area contributed by atoms with Crippen molar-refractivity contribution in [1.82, 2.24) is 23.5 Å². The van der Waals surface area contributed by atoms with E-state index in [1.807, 2.05) is 6.92 Å². The Morgan fingerprint density at radius 3 is 2.38 bits per heavy atom. The number of primary amides is 1. The van der Waals surface area contributed by atoms with Crippen LogP contribution >= 0.6 is 0 Å². The zero-order valence-corrected chi connectivity index (χ0v) is 25.9. The molecule has 4 heterocycles. The zero-order valence-electron chi connectivity index (χ0n) is 25.1. The van der Waals surface area contributed by atoms with Crippen molar-refractivity contribution in [3.05, 3.63) is 66.7 Å². The Balaban J connectivity index is 1.46. The van der Waals surface area contributed by atoms with Crippen LogP contribution in [-0.2, 0) is 14.8 Å². The van der Waals surface area contributed by atoms with Crippen LogP contribution in [0.5, 0.6) is 17.2 Å². The number of hydrogen-bond donors (Lipinski definition) is 2. The lowest BCUT2D eigenvalue weighted by molar-refractivity contribution is -0.119. The molecule has 1 aliphatic heterocycles. The third kappa shape index (κ3) is 5.35. The summed E-state index contributed by atoms with van der Waals surface area (Å²) in [7, 11) is 0.562. The molecule has 1 fully saturated rings. The molecule has 3 aromatic heterocycles. The molecule has 3 N–H and O–H groups in total. The third-order valence-electron chi connectivity index (χ3n) is 7.68. The molecule has 6 rings (SSSR count). The fourth-order valence-corrected chi connectivity index (χ4v) is 6.76. The number of aryl methyl sites for hydroxylation is 1.